The lowest BCUT2D eigenvalue weighted by Gasteiger charge is -2.11. The van der Waals surface area contributed by atoms with Gasteiger partial charge in [0.05, 0.1) is 18.2 Å². The standard InChI is InChI=1S/C11H6F3NO4/c1-18-10(17)8-3-7(19-11(12,13)14)2-6(5-16)9(8)4-15/h2-3,5H,1H3. The van der Waals surface area contributed by atoms with E-state index >= 15 is 0 Å². The number of esters is 1. The Kier molecular flexibility index (Phi) is 4.11. The lowest BCUT2D eigenvalue weighted by atomic mass is 10.0. The Hall–Kier alpha value is -2.56. The van der Waals surface area contributed by atoms with E-state index in [1.165, 1.54) is 0 Å². The summed E-state index contributed by atoms with van der Waals surface area (Å²) in [4.78, 5) is 22.1. The minimum absolute atomic E-state index is 0.147. The van der Waals surface area contributed by atoms with Gasteiger partial charge in [-0.15, -0.1) is 13.2 Å². The molecule has 0 unspecified atom stereocenters. The SMILES string of the molecule is COC(=O)c1cc(OC(F)(F)F)cc(C=O)c1C#N. The van der Waals surface area contributed by atoms with Crippen molar-refractivity contribution in [2.24, 2.45) is 0 Å². The van der Waals surface area contributed by atoms with E-state index < -0.39 is 29.2 Å². The van der Waals surface area contributed by atoms with E-state index in [0.29, 0.717) is 12.1 Å². The summed E-state index contributed by atoms with van der Waals surface area (Å²) in [5.41, 5.74) is -1.25. The summed E-state index contributed by atoms with van der Waals surface area (Å²) in [5.74, 6) is -1.83. The number of alkyl halides is 3. The number of ether oxygens (including phenoxy) is 2. The van der Waals surface area contributed by atoms with E-state index in [1.54, 1.807) is 6.07 Å². The molecule has 0 fully saturated rings. The van der Waals surface area contributed by atoms with Crippen LogP contribution in [0.2, 0.25) is 0 Å². The zero-order chi connectivity index (χ0) is 14.6. The van der Waals surface area contributed by atoms with Crippen molar-refractivity contribution >= 4 is 12.3 Å². The molecule has 0 radical (unpaired) electrons. The van der Waals surface area contributed by atoms with Crippen molar-refractivity contribution in [3.63, 3.8) is 0 Å². The molecular formula is C11H6F3NO4. The molecule has 0 N–H and O–H groups in total. The van der Waals surface area contributed by atoms with Gasteiger partial charge in [0.2, 0.25) is 0 Å². The van der Waals surface area contributed by atoms with Crippen molar-refractivity contribution in [3.05, 3.63) is 28.8 Å². The summed E-state index contributed by atoms with van der Waals surface area (Å²) < 4.78 is 44.2. The number of nitrogens with zero attached hydrogens (tertiary/aromatic N) is 1. The molecular weight excluding hydrogens is 267 g/mol. The molecule has 1 aromatic carbocycles. The van der Waals surface area contributed by atoms with Gasteiger partial charge in [0.15, 0.2) is 6.29 Å². The first-order valence-corrected chi connectivity index (χ1v) is 4.69. The molecule has 1 rings (SSSR count). The predicted molar refractivity (Wildman–Crippen MR) is 54.6 cm³/mol. The van der Waals surface area contributed by atoms with Crippen molar-refractivity contribution in [2.75, 3.05) is 7.11 Å². The molecule has 0 spiro atoms. The number of carbonyl (C=O) groups excluding carboxylic acids is 2. The van der Waals surface area contributed by atoms with Crippen LogP contribution in [0, 0.1) is 11.3 Å². The van der Waals surface area contributed by atoms with Crippen LogP contribution in [-0.2, 0) is 4.74 Å². The fraction of sp³-hybridized carbons (Fsp3) is 0.182. The fourth-order valence-corrected chi connectivity index (χ4v) is 1.32. The van der Waals surface area contributed by atoms with E-state index in [-0.39, 0.29) is 11.8 Å². The van der Waals surface area contributed by atoms with Gasteiger partial charge in [0, 0.05) is 5.56 Å². The Morgan fingerprint density at radius 2 is 2.05 bits per heavy atom. The Bertz CT molecular complexity index is 560. The van der Waals surface area contributed by atoms with Crippen LogP contribution in [0.1, 0.15) is 26.3 Å². The van der Waals surface area contributed by atoms with Crippen LogP contribution in [0.4, 0.5) is 13.2 Å². The van der Waals surface area contributed by atoms with Crippen molar-refractivity contribution in [1.29, 1.82) is 5.26 Å². The number of hydrogen-bond donors (Lipinski definition) is 0. The van der Waals surface area contributed by atoms with Gasteiger partial charge in [0.1, 0.15) is 11.8 Å². The second-order valence-electron chi connectivity index (χ2n) is 3.20. The lowest BCUT2D eigenvalue weighted by Crippen LogP contribution is -2.18. The van der Waals surface area contributed by atoms with Crippen molar-refractivity contribution in [3.8, 4) is 11.8 Å². The van der Waals surface area contributed by atoms with Gasteiger partial charge in [-0.25, -0.2) is 4.79 Å². The number of carbonyl (C=O) groups is 2. The van der Waals surface area contributed by atoms with Crippen LogP contribution in [0.5, 0.6) is 5.75 Å². The maximum absolute atomic E-state index is 12.1. The summed E-state index contributed by atoms with van der Waals surface area (Å²) in [7, 11) is 0.987. The quantitative estimate of drug-likeness (QED) is 0.622. The summed E-state index contributed by atoms with van der Waals surface area (Å²) in [5, 5.41) is 8.82. The fourth-order valence-electron chi connectivity index (χ4n) is 1.32. The average Bonchev–Trinajstić information content (AvgIpc) is 2.34. The number of aldehydes is 1. The highest BCUT2D eigenvalue weighted by atomic mass is 19.4. The van der Waals surface area contributed by atoms with E-state index in [2.05, 4.69) is 9.47 Å². The number of methoxy groups -OCH3 is 1. The predicted octanol–water partition coefficient (Wildman–Crippen LogP) is 2.06. The van der Waals surface area contributed by atoms with Gasteiger partial charge < -0.3 is 9.47 Å². The maximum Gasteiger partial charge on any atom is 0.573 e. The first-order chi connectivity index (χ1) is 8.82. The van der Waals surface area contributed by atoms with Gasteiger partial charge in [-0.05, 0) is 12.1 Å². The van der Waals surface area contributed by atoms with Crippen LogP contribution >= 0.6 is 0 Å². The molecule has 0 heterocycles. The number of nitriles is 1. The Morgan fingerprint density at radius 3 is 2.47 bits per heavy atom. The molecule has 100 valence electrons. The highest BCUT2D eigenvalue weighted by molar-refractivity contribution is 5.96. The minimum atomic E-state index is -4.98. The molecule has 0 aliphatic heterocycles. The average molecular weight is 273 g/mol. The smallest absolute Gasteiger partial charge is 0.465 e. The largest absolute Gasteiger partial charge is 0.573 e. The van der Waals surface area contributed by atoms with Crippen LogP contribution in [0.25, 0.3) is 0 Å². The molecule has 0 aliphatic rings. The molecule has 0 bridgehead atoms. The van der Waals surface area contributed by atoms with Crippen LogP contribution in [0.15, 0.2) is 12.1 Å². The number of benzene rings is 1. The molecule has 0 saturated carbocycles. The van der Waals surface area contributed by atoms with Gasteiger partial charge in [0.25, 0.3) is 0 Å². The van der Waals surface area contributed by atoms with E-state index in [0.717, 1.165) is 7.11 Å². The van der Waals surface area contributed by atoms with Gasteiger partial charge in [-0.1, -0.05) is 0 Å². The Balaban J connectivity index is 3.43. The molecule has 0 amide bonds. The van der Waals surface area contributed by atoms with E-state index in [4.69, 9.17) is 5.26 Å². The number of rotatable bonds is 3. The number of hydrogen-bond acceptors (Lipinski definition) is 5. The molecule has 0 aliphatic carbocycles. The topological polar surface area (TPSA) is 76.4 Å². The van der Waals surface area contributed by atoms with Gasteiger partial charge in [-0.2, -0.15) is 5.26 Å². The molecule has 19 heavy (non-hydrogen) atoms. The maximum atomic E-state index is 12.1. The van der Waals surface area contributed by atoms with Crippen molar-refractivity contribution in [2.45, 2.75) is 6.36 Å². The zero-order valence-electron chi connectivity index (χ0n) is 9.45. The van der Waals surface area contributed by atoms with E-state index in [9.17, 15) is 22.8 Å². The van der Waals surface area contributed by atoms with Crippen LogP contribution in [0.3, 0.4) is 0 Å². The second-order valence-corrected chi connectivity index (χ2v) is 3.20. The monoisotopic (exact) mass is 273 g/mol. The first kappa shape index (κ1) is 14.5. The normalized spacial score (nSPS) is 10.5. The third-order valence-electron chi connectivity index (χ3n) is 2.02. The molecule has 1 aromatic rings. The highest BCUT2D eigenvalue weighted by Gasteiger charge is 2.32. The summed E-state index contributed by atoms with van der Waals surface area (Å²) in [6.07, 6.45) is -4.84. The lowest BCUT2D eigenvalue weighted by molar-refractivity contribution is -0.274. The molecule has 8 heteroatoms. The molecule has 0 atom stereocenters. The van der Waals surface area contributed by atoms with E-state index in [1.807, 2.05) is 0 Å². The summed E-state index contributed by atoms with van der Waals surface area (Å²) in [6, 6.07) is 2.95. The molecule has 5 nitrogen and oxygen atoms in total. The van der Waals surface area contributed by atoms with Crippen molar-refractivity contribution in [1.82, 2.24) is 0 Å². The van der Waals surface area contributed by atoms with Gasteiger partial charge in [-0.3, -0.25) is 4.79 Å². The second kappa shape index (κ2) is 5.39. The third-order valence-corrected chi connectivity index (χ3v) is 2.02. The summed E-state index contributed by atoms with van der Waals surface area (Å²) >= 11 is 0. The van der Waals surface area contributed by atoms with Crippen LogP contribution < -0.4 is 4.74 Å². The Labute approximate surface area is 105 Å². The van der Waals surface area contributed by atoms with Gasteiger partial charge >= 0.3 is 12.3 Å². The Morgan fingerprint density at radius 1 is 1.42 bits per heavy atom. The van der Waals surface area contributed by atoms with Crippen molar-refractivity contribution < 1.29 is 32.2 Å². The summed E-state index contributed by atoms with van der Waals surface area (Å²) in [6.45, 7) is 0. The highest BCUT2D eigenvalue weighted by Crippen LogP contribution is 2.27. The first-order valence-electron chi connectivity index (χ1n) is 4.69. The third kappa shape index (κ3) is 3.45. The van der Waals surface area contributed by atoms with Crippen LogP contribution in [-0.4, -0.2) is 25.7 Å². The zero-order valence-corrected chi connectivity index (χ0v) is 9.45. The molecule has 0 saturated heterocycles. The minimum Gasteiger partial charge on any atom is -0.465 e. The number of halogens is 3. The molecule has 0 aromatic heterocycles.